The fourth-order valence-corrected chi connectivity index (χ4v) is 4.29. The number of aromatic nitrogens is 4. The molecule has 5 nitrogen and oxygen atoms in total. The van der Waals surface area contributed by atoms with Gasteiger partial charge in [0.15, 0.2) is 0 Å². The van der Waals surface area contributed by atoms with Gasteiger partial charge in [0.25, 0.3) is 0 Å². The predicted molar refractivity (Wildman–Crippen MR) is 120 cm³/mol. The van der Waals surface area contributed by atoms with Crippen LogP contribution in [0.2, 0.25) is 0 Å². The van der Waals surface area contributed by atoms with Gasteiger partial charge in [-0.3, -0.25) is 9.97 Å². The normalized spacial score (nSPS) is 15.4. The Kier molecular flexibility index (Phi) is 4.58. The fraction of sp³-hybridized carbons (Fsp3) is 0.240. The van der Waals surface area contributed by atoms with Crippen molar-refractivity contribution in [3.05, 3.63) is 90.5 Å². The largest absolute Gasteiger partial charge is 0.367 e. The standard InChI is InChI=1S/C25H25N5/c1-17(18(2)22-10-11-23-24(28-22)8-5-12-26-23)15-29-16-21-20(19(29)3)7-4-9-25(21)30-14-6-13-27-30/h4-14,17-18H,3,15-16H2,1-2H3/t17-,18?/m0/s1. The van der Waals surface area contributed by atoms with E-state index < -0.39 is 0 Å². The van der Waals surface area contributed by atoms with E-state index in [1.165, 1.54) is 11.1 Å². The summed E-state index contributed by atoms with van der Waals surface area (Å²) in [5.74, 6) is 0.752. The van der Waals surface area contributed by atoms with E-state index in [9.17, 15) is 0 Å². The fourth-order valence-electron chi connectivity index (χ4n) is 4.29. The summed E-state index contributed by atoms with van der Waals surface area (Å²) in [6.07, 6.45) is 5.62. The second-order valence-electron chi connectivity index (χ2n) is 8.12. The van der Waals surface area contributed by atoms with Gasteiger partial charge in [0.05, 0.1) is 16.7 Å². The molecule has 1 aliphatic rings. The number of rotatable bonds is 5. The quantitative estimate of drug-likeness (QED) is 0.475. The van der Waals surface area contributed by atoms with Gasteiger partial charge in [-0.1, -0.05) is 32.6 Å². The van der Waals surface area contributed by atoms with Gasteiger partial charge in [0.2, 0.25) is 0 Å². The Bertz CT molecular complexity index is 1210. The summed E-state index contributed by atoms with van der Waals surface area (Å²) in [5.41, 5.74) is 7.74. The summed E-state index contributed by atoms with van der Waals surface area (Å²) >= 11 is 0. The monoisotopic (exact) mass is 395 g/mol. The third kappa shape index (κ3) is 3.16. The molecule has 0 fully saturated rings. The highest BCUT2D eigenvalue weighted by Crippen LogP contribution is 2.37. The van der Waals surface area contributed by atoms with Gasteiger partial charge in [-0.2, -0.15) is 5.10 Å². The second kappa shape index (κ2) is 7.41. The molecule has 4 aromatic rings. The zero-order valence-electron chi connectivity index (χ0n) is 17.4. The highest BCUT2D eigenvalue weighted by Gasteiger charge is 2.28. The molecule has 150 valence electrons. The molecule has 1 aromatic carbocycles. The highest BCUT2D eigenvalue weighted by molar-refractivity contribution is 5.74. The van der Waals surface area contributed by atoms with Crippen LogP contribution in [0, 0.1) is 5.92 Å². The Hall–Kier alpha value is -3.47. The highest BCUT2D eigenvalue weighted by atomic mass is 15.3. The van der Waals surface area contributed by atoms with Gasteiger partial charge in [-0.15, -0.1) is 0 Å². The van der Waals surface area contributed by atoms with Crippen LogP contribution < -0.4 is 0 Å². The number of nitrogens with zero attached hydrogens (tertiary/aromatic N) is 5. The second-order valence-corrected chi connectivity index (χ2v) is 8.12. The molecule has 0 amide bonds. The third-order valence-corrected chi connectivity index (χ3v) is 6.25. The molecule has 1 aliphatic heterocycles. The van der Waals surface area contributed by atoms with E-state index in [1.54, 1.807) is 0 Å². The maximum Gasteiger partial charge on any atom is 0.0890 e. The average Bonchev–Trinajstić information content (AvgIpc) is 3.42. The van der Waals surface area contributed by atoms with Gasteiger partial charge in [-0.05, 0) is 42.3 Å². The molecular weight excluding hydrogens is 370 g/mol. The minimum Gasteiger partial charge on any atom is -0.367 e. The molecule has 0 aliphatic carbocycles. The molecule has 0 spiro atoms. The average molecular weight is 396 g/mol. The number of hydrogen-bond donors (Lipinski definition) is 0. The summed E-state index contributed by atoms with van der Waals surface area (Å²) in [5, 5.41) is 4.42. The summed E-state index contributed by atoms with van der Waals surface area (Å²) in [6, 6.07) is 16.5. The Balaban J connectivity index is 1.36. The van der Waals surface area contributed by atoms with E-state index in [-0.39, 0.29) is 0 Å². The van der Waals surface area contributed by atoms with Crippen LogP contribution in [-0.2, 0) is 6.54 Å². The third-order valence-electron chi connectivity index (χ3n) is 6.25. The summed E-state index contributed by atoms with van der Waals surface area (Å²) in [7, 11) is 0. The SMILES string of the molecule is C=C1c2cccc(-n3cccn3)c2CN1C[C@H](C)C(C)c1ccc2ncccc2n1. The van der Waals surface area contributed by atoms with Crippen molar-refractivity contribution in [3.63, 3.8) is 0 Å². The van der Waals surface area contributed by atoms with E-state index in [4.69, 9.17) is 4.98 Å². The summed E-state index contributed by atoms with van der Waals surface area (Å²) in [4.78, 5) is 11.6. The van der Waals surface area contributed by atoms with E-state index in [0.717, 1.165) is 41.2 Å². The Labute approximate surface area is 176 Å². The lowest BCUT2D eigenvalue weighted by molar-refractivity contribution is 0.314. The van der Waals surface area contributed by atoms with Crippen LogP contribution in [0.25, 0.3) is 22.4 Å². The van der Waals surface area contributed by atoms with Crippen LogP contribution in [0.1, 0.15) is 36.6 Å². The lowest BCUT2D eigenvalue weighted by atomic mass is 9.91. The van der Waals surface area contributed by atoms with Crippen molar-refractivity contribution >= 4 is 16.7 Å². The molecule has 4 heterocycles. The van der Waals surface area contributed by atoms with Crippen molar-refractivity contribution in [1.29, 1.82) is 0 Å². The first-order valence-electron chi connectivity index (χ1n) is 10.4. The first-order valence-corrected chi connectivity index (χ1v) is 10.4. The zero-order chi connectivity index (χ0) is 20.7. The van der Waals surface area contributed by atoms with Gasteiger partial charge in [0.1, 0.15) is 0 Å². The molecule has 0 N–H and O–H groups in total. The molecule has 0 radical (unpaired) electrons. The Morgan fingerprint density at radius 2 is 1.90 bits per heavy atom. The Morgan fingerprint density at radius 1 is 1.00 bits per heavy atom. The van der Waals surface area contributed by atoms with Crippen LogP contribution in [0.5, 0.6) is 0 Å². The van der Waals surface area contributed by atoms with Gasteiger partial charge >= 0.3 is 0 Å². The molecular formula is C25H25N5. The van der Waals surface area contributed by atoms with Crippen molar-refractivity contribution in [2.45, 2.75) is 26.3 Å². The maximum atomic E-state index is 4.86. The van der Waals surface area contributed by atoms with Crippen molar-refractivity contribution in [2.75, 3.05) is 6.54 Å². The van der Waals surface area contributed by atoms with Crippen LogP contribution in [0.3, 0.4) is 0 Å². The summed E-state index contributed by atoms with van der Waals surface area (Å²) < 4.78 is 1.94. The van der Waals surface area contributed by atoms with E-state index in [2.05, 4.69) is 65.7 Å². The van der Waals surface area contributed by atoms with Crippen LogP contribution >= 0.6 is 0 Å². The number of fused-ring (bicyclic) bond motifs is 2. The predicted octanol–water partition coefficient (Wildman–Crippen LogP) is 5.04. The van der Waals surface area contributed by atoms with Crippen molar-refractivity contribution in [1.82, 2.24) is 24.6 Å². The molecule has 0 bridgehead atoms. The number of benzene rings is 1. The molecule has 5 rings (SSSR count). The number of pyridine rings is 2. The van der Waals surface area contributed by atoms with Crippen LogP contribution in [0.15, 0.2) is 73.7 Å². The molecule has 1 unspecified atom stereocenters. The minimum absolute atomic E-state index is 0.330. The molecule has 30 heavy (non-hydrogen) atoms. The minimum atomic E-state index is 0.330. The van der Waals surface area contributed by atoms with Gasteiger partial charge < -0.3 is 4.90 Å². The smallest absolute Gasteiger partial charge is 0.0890 e. The molecule has 3 aromatic heterocycles. The first-order chi connectivity index (χ1) is 14.6. The van der Waals surface area contributed by atoms with Crippen molar-refractivity contribution in [2.24, 2.45) is 5.92 Å². The first kappa shape index (κ1) is 18.6. The Morgan fingerprint density at radius 3 is 2.73 bits per heavy atom. The maximum absolute atomic E-state index is 4.86. The van der Waals surface area contributed by atoms with Crippen molar-refractivity contribution < 1.29 is 0 Å². The lowest BCUT2D eigenvalue weighted by Gasteiger charge is -2.27. The van der Waals surface area contributed by atoms with E-state index in [0.29, 0.717) is 11.8 Å². The number of hydrogen-bond acceptors (Lipinski definition) is 4. The topological polar surface area (TPSA) is 46.8 Å². The van der Waals surface area contributed by atoms with E-state index >= 15 is 0 Å². The lowest BCUT2D eigenvalue weighted by Crippen LogP contribution is -2.25. The van der Waals surface area contributed by atoms with Crippen LogP contribution in [0.4, 0.5) is 0 Å². The van der Waals surface area contributed by atoms with Crippen molar-refractivity contribution in [3.8, 4) is 5.69 Å². The van der Waals surface area contributed by atoms with Crippen LogP contribution in [-0.4, -0.2) is 31.2 Å². The molecule has 0 saturated heterocycles. The van der Waals surface area contributed by atoms with Gasteiger partial charge in [-0.25, -0.2) is 4.68 Å². The molecule has 5 heteroatoms. The zero-order valence-corrected chi connectivity index (χ0v) is 17.4. The van der Waals surface area contributed by atoms with Gasteiger partial charge in [0, 0.05) is 60.1 Å². The van der Waals surface area contributed by atoms with E-state index in [1.807, 2.05) is 41.5 Å². The summed E-state index contributed by atoms with van der Waals surface area (Å²) in [6.45, 7) is 10.7. The molecule has 2 atom stereocenters. The molecule has 0 saturated carbocycles.